The summed E-state index contributed by atoms with van der Waals surface area (Å²) >= 11 is 11.9. The summed E-state index contributed by atoms with van der Waals surface area (Å²) in [5.41, 5.74) is 7.63. The fourth-order valence-corrected chi connectivity index (χ4v) is 9.91. The van der Waals surface area contributed by atoms with Gasteiger partial charge in [-0.05, 0) is 105 Å². The first kappa shape index (κ1) is 59.2. The van der Waals surface area contributed by atoms with Crippen LogP contribution in [0.5, 0.6) is 0 Å². The van der Waals surface area contributed by atoms with Crippen LogP contribution in [0, 0.1) is 0 Å². The number of hydrogen-bond acceptors (Lipinski definition) is 17. The maximum atomic E-state index is 11.5. The van der Waals surface area contributed by atoms with Crippen molar-refractivity contribution in [3.05, 3.63) is 109 Å². The van der Waals surface area contributed by atoms with Crippen LogP contribution in [0.2, 0.25) is 10.3 Å². The lowest BCUT2D eigenvalue weighted by atomic mass is 9.82. The fraction of sp³-hybridized carbons (Fsp3) is 0.453. The van der Waals surface area contributed by atoms with Crippen LogP contribution in [0.1, 0.15) is 68.2 Å². The van der Waals surface area contributed by atoms with E-state index in [0.717, 1.165) is 87.6 Å². The molecular formula is C53H67B2Cl2N13O8S. The first-order valence-electron chi connectivity index (χ1n) is 26.0. The predicted molar refractivity (Wildman–Crippen MR) is 306 cm³/mol. The van der Waals surface area contributed by atoms with Gasteiger partial charge in [0.1, 0.15) is 16.6 Å². The third kappa shape index (κ3) is 15.3. The van der Waals surface area contributed by atoms with Crippen LogP contribution in [0.15, 0.2) is 98.4 Å². The van der Waals surface area contributed by atoms with Crippen LogP contribution >= 0.6 is 23.2 Å². The second-order valence-corrected chi connectivity index (χ2v) is 24.4. The summed E-state index contributed by atoms with van der Waals surface area (Å²) in [5, 5.41) is 20.4. The molecule has 26 heteroatoms. The van der Waals surface area contributed by atoms with Crippen molar-refractivity contribution in [2.75, 3.05) is 44.9 Å². The average molecular weight is 1140 g/mol. The van der Waals surface area contributed by atoms with Crippen LogP contribution in [-0.2, 0) is 57.6 Å². The number of nitrogens with zero attached hydrogens (tertiary/aromatic N) is 12. The number of H-pyrrole nitrogens is 1. The zero-order chi connectivity index (χ0) is 56.6. The molecule has 418 valence electrons. The Kier molecular flexibility index (Phi) is 18.9. The standard InChI is InChI=1S/C18H20ClN5O2S.C14H13ClN4O.C12H19BN2O3.C9H15BN2O2/c19-18-3-2-16-17(22-18)10-14(11-20-16)15-12-21-24(13-15)5-1-4-23-6-8-27(25,26)9-7-23;1-20-5-4-19-9-11(8-17-19)10-6-13-12(16-7-10)2-3-14(15)18-13;1-11(2)12(3,4)18-13(17-11)10-8-14-15(9-10)6-5-7-16;1-8(2)9(3,4)14-10(13-8)7-5-11-12-6-7/h2-3,10-13H,1,4-9H2;2-3,6-9H,4-5H2,1H3;7-9H,5-6H2,1-4H3;5-6H,1-4H3,(H,11,12). The molecule has 3 saturated heterocycles. The van der Waals surface area contributed by atoms with Crippen molar-refractivity contribution in [2.24, 2.45) is 0 Å². The van der Waals surface area contributed by atoms with Gasteiger partial charge in [-0.15, -0.1) is 0 Å². The van der Waals surface area contributed by atoms with Crippen LogP contribution in [0.3, 0.4) is 0 Å². The molecule has 8 aromatic heterocycles. The van der Waals surface area contributed by atoms with Gasteiger partial charge in [-0.25, -0.2) is 18.4 Å². The zero-order valence-electron chi connectivity index (χ0n) is 46.0. The number of rotatable bonds is 14. The van der Waals surface area contributed by atoms with E-state index in [2.05, 4.69) is 50.3 Å². The summed E-state index contributed by atoms with van der Waals surface area (Å²) in [5.74, 6) is 0.540. The highest BCUT2D eigenvalue weighted by atomic mass is 35.5. The highest BCUT2D eigenvalue weighted by Gasteiger charge is 2.53. The van der Waals surface area contributed by atoms with Gasteiger partial charge in [-0.2, -0.15) is 20.4 Å². The van der Waals surface area contributed by atoms with Gasteiger partial charge in [0.05, 0.1) is 81.5 Å². The summed E-state index contributed by atoms with van der Waals surface area (Å²) in [6, 6.07) is 11.1. The number of aromatic amines is 1. The van der Waals surface area contributed by atoms with Crippen molar-refractivity contribution in [1.82, 2.24) is 64.4 Å². The minimum absolute atomic E-state index is 0.270. The molecule has 0 spiro atoms. The SMILES string of the molecule is CC1(C)OB(c2cn[nH]c2)OC1(C)C.CC1(C)OB(c2cnn(CCC=O)c2)OC1(C)C.COCCn1cc(-c2cnc3ccc(Cl)nc3c2)cn1.O=S1(=O)CCN(CCCn2cc(-c3cnc4ccc(Cl)nc4c3)cn2)CC1. The maximum absolute atomic E-state index is 11.5. The number of sulfone groups is 1. The molecule has 11 heterocycles. The summed E-state index contributed by atoms with van der Waals surface area (Å²) in [4.78, 5) is 29.9. The molecule has 0 amide bonds. The van der Waals surface area contributed by atoms with Crippen molar-refractivity contribution >= 4 is 86.6 Å². The van der Waals surface area contributed by atoms with Gasteiger partial charge in [0, 0.05) is 122 Å². The maximum Gasteiger partial charge on any atom is 0.498 e. The number of carbonyl (C=O) groups excluding carboxylic acids is 1. The van der Waals surface area contributed by atoms with Crippen molar-refractivity contribution < 1.29 is 36.6 Å². The molecular weight excluding hydrogens is 1070 g/mol. The van der Waals surface area contributed by atoms with Gasteiger partial charge in [0.2, 0.25) is 0 Å². The van der Waals surface area contributed by atoms with Crippen molar-refractivity contribution in [1.29, 1.82) is 0 Å². The Bertz CT molecular complexity index is 3380. The van der Waals surface area contributed by atoms with E-state index in [0.29, 0.717) is 43.0 Å². The third-order valence-corrected chi connectivity index (χ3v) is 16.5. The molecule has 3 aliphatic rings. The van der Waals surface area contributed by atoms with Gasteiger partial charge in [-0.1, -0.05) is 23.2 Å². The van der Waals surface area contributed by atoms with E-state index in [1.54, 1.807) is 42.5 Å². The molecule has 0 atom stereocenters. The smallest absolute Gasteiger partial charge is 0.399 e. The van der Waals surface area contributed by atoms with E-state index in [4.69, 9.17) is 46.6 Å². The van der Waals surface area contributed by atoms with Crippen LogP contribution < -0.4 is 10.9 Å². The van der Waals surface area contributed by atoms with E-state index in [1.807, 2.05) is 132 Å². The molecule has 0 aromatic carbocycles. The predicted octanol–water partition coefficient (Wildman–Crippen LogP) is 6.54. The number of pyridine rings is 4. The van der Waals surface area contributed by atoms with E-state index < -0.39 is 9.84 Å². The molecule has 1 N–H and O–H groups in total. The Hall–Kier alpha value is -5.95. The molecule has 3 aliphatic heterocycles. The number of nitrogens with one attached hydrogen (secondary N) is 1. The monoisotopic (exact) mass is 1140 g/mol. The molecule has 0 radical (unpaired) electrons. The summed E-state index contributed by atoms with van der Waals surface area (Å²) in [6.07, 6.45) is 20.6. The number of aromatic nitrogens is 12. The Morgan fingerprint density at radius 3 is 1.61 bits per heavy atom. The van der Waals surface area contributed by atoms with Crippen molar-refractivity contribution in [3.63, 3.8) is 0 Å². The van der Waals surface area contributed by atoms with E-state index in [-0.39, 0.29) is 48.1 Å². The summed E-state index contributed by atoms with van der Waals surface area (Å²) < 4.78 is 57.0. The number of methoxy groups -OCH3 is 1. The molecule has 0 bridgehead atoms. The van der Waals surface area contributed by atoms with Gasteiger partial charge in [-0.3, -0.25) is 29.1 Å². The number of hydrogen-bond donors (Lipinski definition) is 1. The lowest BCUT2D eigenvalue weighted by Crippen LogP contribution is -2.41. The Morgan fingerprint density at radius 1 is 0.620 bits per heavy atom. The quantitative estimate of drug-likeness (QED) is 0.0691. The number of fused-ring (bicyclic) bond motifs is 2. The van der Waals surface area contributed by atoms with Crippen molar-refractivity contribution in [3.8, 4) is 22.3 Å². The van der Waals surface area contributed by atoms with Crippen LogP contribution in [0.4, 0.5) is 0 Å². The highest BCUT2D eigenvalue weighted by molar-refractivity contribution is 7.91. The summed E-state index contributed by atoms with van der Waals surface area (Å²) in [7, 11) is -1.84. The molecule has 79 heavy (non-hydrogen) atoms. The number of aldehydes is 1. The molecule has 0 saturated carbocycles. The molecule has 11 rings (SSSR count). The lowest BCUT2D eigenvalue weighted by molar-refractivity contribution is -0.108. The number of ether oxygens (including phenoxy) is 1. The van der Waals surface area contributed by atoms with Gasteiger partial charge in [0.25, 0.3) is 0 Å². The zero-order valence-corrected chi connectivity index (χ0v) is 48.4. The van der Waals surface area contributed by atoms with E-state index in [1.165, 1.54) is 0 Å². The molecule has 0 aliphatic carbocycles. The lowest BCUT2D eigenvalue weighted by Gasteiger charge is -2.32. The third-order valence-electron chi connectivity index (χ3n) is 14.5. The van der Waals surface area contributed by atoms with Gasteiger partial charge >= 0.3 is 14.2 Å². The van der Waals surface area contributed by atoms with Crippen molar-refractivity contribution in [2.45, 2.75) is 110 Å². The summed E-state index contributed by atoms with van der Waals surface area (Å²) in [6.45, 7) is 21.1. The van der Waals surface area contributed by atoms with E-state index in [9.17, 15) is 13.2 Å². The van der Waals surface area contributed by atoms with Crippen LogP contribution in [0.25, 0.3) is 44.3 Å². The first-order valence-corrected chi connectivity index (χ1v) is 28.6. The minimum Gasteiger partial charge on any atom is -0.399 e. The molecule has 3 fully saturated rings. The molecule has 8 aromatic rings. The van der Waals surface area contributed by atoms with E-state index >= 15 is 0 Å². The average Bonchev–Trinajstić information content (AvgIpc) is 4.42. The molecule has 21 nitrogen and oxygen atoms in total. The number of carbonyl (C=O) groups is 1. The second kappa shape index (κ2) is 25.2. The number of halogens is 2. The number of aryl methyl sites for hydroxylation is 2. The van der Waals surface area contributed by atoms with Gasteiger partial charge in [0.15, 0.2) is 9.84 Å². The first-order chi connectivity index (χ1) is 37.5. The second-order valence-electron chi connectivity index (χ2n) is 21.3. The normalized spacial score (nSPS) is 17.9. The van der Waals surface area contributed by atoms with Crippen LogP contribution in [-0.4, -0.2) is 161 Å². The minimum atomic E-state index is -2.82. The molecule has 0 unspecified atom stereocenters. The largest absolute Gasteiger partial charge is 0.498 e. The Balaban J connectivity index is 0.000000143. The van der Waals surface area contributed by atoms with Gasteiger partial charge < -0.3 is 33.0 Å². The highest BCUT2D eigenvalue weighted by Crippen LogP contribution is 2.37. The topological polar surface area (TPSA) is 234 Å². The Labute approximate surface area is 471 Å². The fourth-order valence-electron chi connectivity index (χ4n) is 8.32. The Morgan fingerprint density at radius 2 is 1.11 bits per heavy atom.